The van der Waals surface area contributed by atoms with Crippen LogP contribution in [0.1, 0.15) is 76.7 Å². The maximum absolute atomic E-state index is 12.8. The van der Waals surface area contributed by atoms with Crippen LogP contribution in [0, 0.1) is 17.7 Å². The maximum Gasteiger partial charge on any atom is 0.123 e. The van der Waals surface area contributed by atoms with E-state index in [1.807, 2.05) is 6.92 Å². The van der Waals surface area contributed by atoms with Gasteiger partial charge in [-0.25, -0.2) is 4.39 Å². The van der Waals surface area contributed by atoms with E-state index < -0.39 is 0 Å². The standard InChI is InChI=1S/C23H35FO2/c1-2-25-20-13-21-26-19-12-10-8-6-4-3-5-7-9-11-14-22-15-17-23(24)18-16-22/h15-18H,2-10,12-13,19-21H2,1H3. The molecular formula is C23H35FO2. The van der Waals surface area contributed by atoms with E-state index in [1.54, 1.807) is 12.1 Å². The average Bonchev–Trinajstić information content (AvgIpc) is 2.66. The molecule has 0 aromatic heterocycles. The average molecular weight is 363 g/mol. The molecule has 0 aliphatic rings. The van der Waals surface area contributed by atoms with Crippen LogP contribution < -0.4 is 0 Å². The fraction of sp³-hybridized carbons (Fsp3) is 0.652. The molecule has 146 valence electrons. The van der Waals surface area contributed by atoms with Crippen LogP contribution in [0.2, 0.25) is 0 Å². The Balaban J connectivity index is 1.79. The second kappa shape index (κ2) is 17.1. The van der Waals surface area contributed by atoms with Gasteiger partial charge in [0.1, 0.15) is 5.82 Å². The van der Waals surface area contributed by atoms with E-state index >= 15 is 0 Å². The van der Waals surface area contributed by atoms with Crippen LogP contribution >= 0.6 is 0 Å². The molecule has 0 bridgehead atoms. The summed E-state index contributed by atoms with van der Waals surface area (Å²) in [6, 6.07) is 6.37. The topological polar surface area (TPSA) is 18.5 Å². The third-order valence-electron chi connectivity index (χ3n) is 4.20. The molecule has 3 heteroatoms. The number of hydrogen-bond acceptors (Lipinski definition) is 2. The molecule has 26 heavy (non-hydrogen) atoms. The lowest BCUT2D eigenvalue weighted by Gasteiger charge is -2.04. The van der Waals surface area contributed by atoms with Crippen LogP contribution in [0.3, 0.4) is 0 Å². The van der Waals surface area contributed by atoms with Gasteiger partial charge in [-0.15, -0.1) is 0 Å². The Kier molecular flexibility index (Phi) is 14.9. The number of halogens is 1. The van der Waals surface area contributed by atoms with Crippen molar-refractivity contribution in [3.05, 3.63) is 35.6 Å². The zero-order chi connectivity index (χ0) is 18.7. The van der Waals surface area contributed by atoms with E-state index in [0.717, 1.165) is 51.3 Å². The van der Waals surface area contributed by atoms with Crippen LogP contribution in [0.4, 0.5) is 4.39 Å². The fourth-order valence-electron chi connectivity index (χ4n) is 2.69. The summed E-state index contributed by atoms with van der Waals surface area (Å²) in [6.07, 6.45) is 12.0. The highest BCUT2D eigenvalue weighted by atomic mass is 19.1. The molecule has 0 spiro atoms. The molecule has 1 aromatic rings. The summed E-state index contributed by atoms with van der Waals surface area (Å²) in [4.78, 5) is 0. The number of hydrogen-bond donors (Lipinski definition) is 0. The fourth-order valence-corrected chi connectivity index (χ4v) is 2.69. The van der Waals surface area contributed by atoms with Crippen molar-refractivity contribution in [1.29, 1.82) is 0 Å². The van der Waals surface area contributed by atoms with Gasteiger partial charge in [0, 0.05) is 38.4 Å². The van der Waals surface area contributed by atoms with Crippen molar-refractivity contribution >= 4 is 0 Å². The molecule has 1 rings (SSSR count). The minimum atomic E-state index is -0.208. The Labute approximate surface area is 159 Å². The van der Waals surface area contributed by atoms with Crippen LogP contribution in [0.5, 0.6) is 0 Å². The first-order valence-electron chi connectivity index (χ1n) is 10.2. The van der Waals surface area contributed by atoms with Crippen molar-refractivity contribution in [2.75, 3.05) is 26.4 Å². The molecule has 0 unspecified atom stereocenters. The predicted molar refractivity (Wildman–Crippen MR) is 107 cm³/mol. The number of ether oxygens (including phenoxy) is 2. The van der Waals surface area contributed by atoms with Gasteiger partial charge in [-0.2, -0.15) is 0 Å². The summed E-state index contributed by atoms with van der Waals surface area (Å²) in [5.41, 5.74) is 0.893. The molecule has 0 fully saturated rings. The quantitative estimate of drug-likeness (QED) is 0.276. The first kappa shape index (κ1) is 22.7. The minimum absolute atomic E-state index is 0.208. The highest BCUT2D eigenvalue weighted by Gasteiger charge is 1.94. The van der Waals surface area contributed by atoms with E-state index in [4.69, 9.17) is 9.47 Å². The second-order valence-corrected chi connectivity index (χ2v) is 6.55. The number of unbranched alkanes of at least 4 members (excludes halogenated alkanes) is 8. The summed E-state index contributed by atoms with van der Waals surface area (Å²) in [5, 5.41) is 0. The van der Waals surface area contributed by atoms with Crippen molar-refractivity contribution in [3.8, 4) is 11.8 Å². The molecular weight excluding hydrogens is 327 g/mol. The molecule has 1 aromatic carbocycles. The zero-order valence-corrected chi connectivity index (χ0v) is 16.4. The molecule has 2 nitrogen and oxygen atoms in total. The Morgan fingerprint density at radius 1 is 0.731 bits per heavy atom. The van der Waals surface area contributed by atoms with E-state index in [-0.39, 0.29) is 5.82 Å². The first-order valence-corrected chi connectivity index (χ1v) is 10.2. The minimum Gasteiger partial charge on any atom is -0.382 e. The molecule has 0 atom stereocenters. The van der Waals surface area contributed by atoms with E-state index in [1.165, 1.54) is 57.1 Å². The lowest BCUT2D eigenvalue weighted by Crippen LogP contribution is -2.01. The molecule has 0 saturated heterocycles. The predicted octanol–water partition coefficient (Wildman–Crippen LogP) is 6.13. The van der Waals surface area contributed by atoms with Gasteiger partial charge in [0.25, 0.3) is 0 Å². The maximum atomic E-state index is 12.8. The van der Waals surface area contributed by atoms with Crippen molar-refractivity contribution < 1.29 is 13.9 Å². The summed E-state index contributed by atoms with van der Waals surface area (Å²) in [5.74, 6) is 6.05. The molecule has 0 aliphatic heterocycles. The normalized spacial score (nSPS) is 10.5. The molecule has 0 aliphatic carbocycles. The van der Waals surface area contributed by atoms with Crippen molar-refractivity contribution in [1.82, 2.24) is 0 Å². The monoisotopic (exact) mass is 362 g/mol. The van der Waals surface area contributed by atoms with Gasteiger partial charge in [-0.3, -0.25) is 0 Å². The SMILES string of the molecule is CCOCCCOCCCCCCCCCCC#Cc1ccc(F)cc1. The lowest BCUT2D eigenvalue weighted by molar-refractivity contribution is 0.0860. The second-order valence-electron chi connectivity index (χ2n) is 6.55. The zero-order valence-electron chi connectivity index (χ0n) is 16.4. The Hall–Kier alpha value is -1.37. The van der Waals surface area contributed by atoms with Gasteiger partial charge in [-0.05, 0) is 50.5 Å². The van der Waals surface area contributed by atoms with Gasteiger partial charge in [-0.1, -0.05) is 50.4 Å². The van der Waals surface area contributed by atoms with Crippen LogP contribution in [0.25, 0.3) is 0 Å². The van der Waals surface area contributed by atoms with Crippen LogP contribution in [0.15, 0.2) is 24.3 Å². The largest absolute Gasteiger partial charge is 0.382 e. The molecule has 0 saturated carbocycles. The van der Waals surface area contributed by atoms with E-state index in [2.05, 4.69) is 11.8 Å². The lowest BCUT2D eigenvalue weighted by atomic mass is 10.1. The van der Waals surface area contributed by atoms with E-state index in [0.29, 0.717) is 0 Å². The third kappa shape index (κ3) is 13.9. The Morgan fingerprint density at radius 3 is 2.00 bits per heavy atom. The van der Waals surface area contributed by atoms with Gasteiger partial charge < -0.3 is 9.47 Å². The van der Waals surface area contributed by atoms with Gasteiger partial charge in [0.2, 0.25) is 0 Å². The smallest absolute Gasteiger partial charge is 0.123 e. The third-order valence-corrected chi connectivity index (χ3v) is 4.20. The summed E-state index contributed by atoms with van der Waals surface area (Å²) in [6.45, 7) is 5.34. The highest BCUT2D eigenvalue weighted by molar-refractivity contribution is 5.33. The van der Waals surface area contributed by atoms with Gasteiger partial charge >= 0.3 is 0 Å². The molecule has 0 radical (unpaired) electrons. The molecule has 0 amide bonds. The summed E-state index contributed by atoms with van der Waals surface area (Å²) in [7, 11) is 0. The molecule has 0 heterocycles. The van der Waals surface area contributed by atoms with E-state index in [9.17, 15) is 4.39 Å². The Bertz CT molecular complexity index is 487. The van der Waals surface area contributed by atoms with Gasteiger partial charge in [0.15, 0.2) is 0 Å². The van der Waals surface area contributed by atoms with Crippen molar-refractivity contribution in [2.45, 2.75) is 71.1 Å². The molecule has 0 N–H and O–H groups in total. The number of benzene rings is 1. The Morgan fingerprint density at radius 2 is 1.31 bits per heavy atom. The van der Waals surface area contributed by atoms with Gasteiger partial charge in [0.05, 0.1) is 0 Å². The number of rotatable bonds is 15. The highest BCUT2D eigenvalue weighted by Crippen LogP contribution is 2.10. The van der Waals surface area contributed by atoms with Crippen molar-refractivity contribution in [2.24, 2.45) is 0 Å². The summed E-state index contributed by atoms with van der Waals surface area (Å²) >= 11 is 0. The first-order chi connectivity index (χ1) is 12.8. The van der Waals surface area contributed by atoms with Crippen LogP contribution in [-0.4, -0.2) is 26.4 Å². The van der Waals surface area contributed by atoms with Crippen molar-refractivity contribution in [3.63, 3.8) is 0 Å². The van der Waals surface area contributed by atoms with Crippen LogP contribution in [-0.2, 0) is 9.47 Å². The summed E-state index contributed by atoms with van der Waals surface area (Å²) < 4.78 is 23.6.